The number of aliphatic carboxylic acids is 1. The molecule has 0 aromatic heterocycles. The molecule has 0 aliphatic heterocycles. The van der Waals surface area contributed by atoms with Gasteiger partial charge in [-0.3, -0.25) is 4.79 Å². The van der Waals surface area contributed by atoms with Gasteiger partial charge in [0.15, 0.2) is 0 Å². The Morgan fingerprint density at radius 2 is 1.94 bits per heavy atom. The van der Waals surface area contributed by atoms with Crippen LogP contribution in [0, 0.1) is 0 Å². The first-order chi connectivity index (χ1) is 7.93. The maximum absolute atomic E-state index is 11.7. The molecule has 0 aromatic rings. The number of carbonyl (C=O) groups is 2. The molecular formula is C11H20N2O4. The fraction of sp³-hybridized carbons (Fsp3) is 0.818. The lowest BCUT2D eigenvalue weighted by Gasteiger charge is -2.35. The van der Waals surface area contributed by atoms with E-state index in [2.05, 4.69) is 5.32 Å². The molecule has 2 amide bonds. The maximum Gasteiger partial charge on any atom is 0.325 e. The Balaban J connectivity index is 2.53. The number of hydrogen-bond donors (Lipinski definition) is 3. The van der Waals surface area contributed by atoms with Crippen LogP contribution in [0.5, 0.6) is 0 Å². The summed E-state index contributed by atoms with van der Waals surface area (Å²) < 4.78 is 0. The van der Waals surface area contributed by atoms with Gasteiger partial charge < -0.3 is 20.4 Å². The second-order valence-corrected chi connectivity index (χ2v) is 4.54. The molecular weight excluding hydrogens is 224 g/mol. The minimum atomic E-state index is -1.07. The molecule has 0 spiro atoms. The van der Waals surface area contributed by atoms with Crippen LogP contribution in [0.4, 0.5) is 4.79 Å². The number of amides is 2. The first-order valence-electron chi connectivity index (χ1n) is 5.87. The van der Waals surface area contributed by atoms with Gasteiger partial charge in [-0.15, -0.1) is 0 Å². The molecule has 0 radical (unpaired) electrons. The largest absolute Gasteiger partial charge is 0.480 e. The number of nitrogens with zero attached hydrogens (tertiary/aromatic N) is 1. The van der Waals surface area contributed by atoms with Crippen molar-refractivity contribution in [2.75, 3.05) is 7.05 Å². The quantitative estimate of drug-likeness (QED) is 0.670. The Labute approximate surface area is 101 Å². The highest BCUT2D eigenvalue weighted by atomic mass is 16.4. The summed E-state index contributed by atoms with van der Waals surface area (Å²) in [5.41, 5.74) is 0. The van der Waals surface area contributed by atoms with Crippen molar-refractivity contribution in [3.63, 3.8) is 0 Å². The number of rotatable bonds is 3. The van der Waals surface area contributed by atoms with Crippen LogP contribution < -0.4 is 5.32 Å². The molecule has 0 aromatic carbocycles. The first-order valence-corrected chi connectivity index (χ1v) is 5.87. The normalized spacial score (nSPS) is 26.1. The maximum atomic E-state index is 11.7. The van der Waals surface area contributed by atoms with Crippen molar-refractivity contribution in [2.24, 2.45) is 0 Å². The van der Waals surface area contributed by atoms with Crippen molar-refractivity contribution in [2.45, 2.75) is 50.8 Å². The van der Waals surface area contributed by atoms with Gasteiger partial charge in [0.05, 0.1) is 12.1 Å². The van der Waals surface area contributed by atoms with Crippen LogP contribution in [0.2, 0.25) is 0 Å². The summed E-state index contributed by atoms with van der Waals surface area (Å²) in [5.74, 6) is -1.07. The van der Waals surface area contributed by atoms with Gasteiger partial charge in [0, 0.05) is 7.05 Å². The lowest BCUT2D eigenvalue weighted by molar-refractivity contribution is -0.138. The van der Waals surface area contributed by atoms with Gasteiger partial charge in [-0.2, -0.15) is 0 Å². The molecule has 17 heavy (non-hydrogen) atoms. The Kier molecular flexibility index (Phi) is 4.74. The number of carboxylic acids is 1. The summed E-state index contributed by atoms with van der Waals surface area (Å²) in [4.78, 5) is 23.8. The SMILES string of the molecule is C[C@H](NC(=O)N(C)C1CCCCC1O)C(=O)O. The van der Waals surface area contributed by atoms with E-state index in [9.17, 15) is 14.7 Å². The average Bonchev–Trinajstić information content (AvgIpc) is 2.28. The highest BCUT2D eigenvalue weighted by molar-refractivity contribution is 5.82. The van der Waals surface area contributed by atoms with Gasteiger partial charge in [0.1, 0.15) is 6.04 Å². The Morgan fingerprint density at radius 1 is 1.35 bits per heavy atom. The molecule has 2 unspecified atom stereocenters. The molecule has 1 aliphatic carbocycles. The van der Waals surface area contributed by atoms with Crippen LogP contribution in [0.3, 0.4) is 0 Å². The Hall–Kier alpha value is -1.30. The number of aliphatic hydroxyl groups excluding tert-OH is 1. The summed E-state index contributed by atoms with van der Waals surface area (Å²) >= 11 is 0. The molecule has 0 saturated heterocycles. The highest BCUT2D eigenvalue weighted by Crippen LogP contribution is 2.22. The number of urea groups is 1. The molecule has 1 aliphatic rings. The molecule has 1 saturated carbocycles. The predicted molar refractivity (Wildman–Crippen MR) is 61.7 cm³/mol. The van der Waals surface area contributed by atoms with Gasteiger partial charge in [-0.1, -0.05) is 12.8 Å². The van der Waals surface area contributed by atoms with Crippen molar-refractivity contribution in [3.05, 3.63) is 0 Å². The van der Waals surface area contributed by atoms with Gasteiger partial charge in [-0.05, 0) is 19.8 Å². The minimum Gasteiger partial charge on any atom is -0.480 e. The van der Waals surface area contributed by atoms with Crippen molar-refractivity contribution < 1.29 is 19.8 Å². The lowest BCUT2D eigenvalue weighted by Crippen LogP contribution is -2.52. The van der Waals surface area contributed by atoms with Crippen molar-refractivity contribution in [1.29, 1.82) is 0 Å². The zero-order valence-electron chi connectivity index (χ0n) is 10.2. The molecule has 3 N–H and O–H groups in total. The minimum absolute atomic E-state index is 0.218. The Bertz CT molecular complexity index is 295. The first kappa shape index (κ1) is 13.8. The molecule has 1 fully saturated rings. The summed E-state index contributed by atoms with van der Waals surface area (Å²) in [6.45, 7) is 1.41. The molecule has 0 bridgehead atoms. The molecule has 6 heteroatoms. The van der Waals surface area contributed by atoms with E-state index in [1.165, 1.54) is 11.8 Å². The summed E-state index contributed by atoms with van der Waals surface area (Å²) in [6.07, 6.45) is 2.88. The van der Waals surface area contributed by atoms with E-state index >= 15 is 0 Å². The smallest absolute Gasteiger partial charge is 0.325 e. The van der Waals surface area contributed by atoms with Gasteiger partial charge in [0.25, 0.3) is 0 Å². The van der Waals surface area contributed by atoms with Crippen LogP contribution in [-0.2, 0) is 4.79 Å². The third kappa shape index (κ3) is 3.59. The molecule has 98 valence electrons. The number of carboxylic acid groups (broad SMARTS) is 1. The molecule has 6 nitrogen and oxygen atoms in total. The second kappa shape index (κ2) is 5.86. The van der Waals surface area contributed by atoms with Crippen LogP contribution in [-0.4, -0.2) is 52.3 Å². The topological polar surface area (TPSA) is 89.9 Å². The number of aliphatic hydroxyl groups is 1. The van der Waals surface area contributed by atoms with E-state index < -0.39 is 24.1 Å². The molecule has 3 atom stereocenters. The van der Waals surface area contributed by atoms with Crippen molar-refractivity contribution in [1.82, 2.24) is 10.2 Å². The van der Waals surface area contributed by atoms with Gasteiger partial charge in [-0.25, -0.2) is 4.79 Å². The van der Waals surface area contributed by atoms with E-state index in [1.807, 2.05) is 0 Å². The van der Waals surface area contributed by atoms with E-state index in [4.69, 9.17) is 5.11 Å². The number of nitrogens with one attached hydrogen (secondary N) is 1. The molecule has 1 rings (SSSR count). The van der Waals surface area contributed by atoms with Crippen LogP contribution in [0.15, 0.2) is 0 Å². The molecule has 0 heterocycles. The van der Waals surface area contributed by atoms with E-state index in [1.54, 1.807) is 7.05 Å². The lowest BCUT2D eigenvalue weighted by atomic mass is 9.92. The van der Waals surface area contributed by atoms with E-state index in [0.29, 0.717) is 6.42 Å². The van der Waals surface area contributed by atoms with Crippen LogP contribution in [0.1, 0.15) is 32.6 Å². The number of likely N-dealkylation sites (N-methyl/N-ethyl adjacent to an activating group) is 1. The fourth-order valence-electron chi connectivity index (χ4n) is 2.04. The zero-order valence-corrected chi connectivity index (χ0v) is 10.2. The second-order valence-electron chi connectivity index (χ2n) is 4.54. The third-order valence-corrected chi connectivity index (χ3v) is 3.22. The van der Waals surface area contributed by atoms with Crippen LogP contribution in [0.25, 0.3) is 0 Å². The summed E-state index contributed by atoms with van der Waals surface area (Å²) in [7, 11) is 1.59. The predicted octanol–water partition coefficient (Wildman–Crippen LogP) is 0.404. The van der Waals surface area contributed by atoms with Gasteiger partial charge >= 0.3 is 12.0 Å². The number of carbonyl (C=O) groups excluding carboxylic acids is 1. The fourth-order valence-corrected chi connectivity index (χ4v) is 2.04. The highest BCUT2D eigenvalue weighted by Gasteiger charge is 2.30. The van der Waals surface area contributed by atoms with Crippen molar-refractivity contribution in [3.8, 4) is 0 Å². The van der Waals surface area contributed by atoms with E-state index in [-0.39, 0.29) is 6.04 Å². The average molecular weight is 244 g/mol. The summed E-state index contributed by atoms with van der Waals surface area (Å²) in [6, 6.07) is -1.60. The van der Waals surface area contributed by atoms with Crippen molar-refractivity contribution >= 4 is 12.0 Å². The third-order valence-electron chi connectivity index (χ3n) is 3.22. The van der Waals surface area contributed by atoms with E-state index in [0.717, 1.165) is 19.3 Å². The van der Waals surface area contributed by atoms with Gasteiger partial charge in [0.2, 0.25) is 0 Å². The summed E-state index contributed by atoms with van der Waals surface area (Å²) in [5, 5.41) is 20.9. The number of hydrogen-bond acceptors (Lipinski definition) is 3. The standard InChI is InChI=1S/C11H20N2O4/c1-7(10(15)16)12-11(17)13(2)8-5-3-4-6-9(8)14/h7-9,14H,3-6H2,1-2H3,(H,12,17)(H,15,16)/t7-,8?,9?/m0/s1. The zero-order chi connectivity index (χ0) is 13.0. The van der Waals surface area contributed by atoms with Crippen LogP contribution >= 0.6 is 0 Å². The monoisotopic (exact) mass is 244 g/mol. The Morgan fingerprint density at radius 3 is 2.47 bits per heavy atom.